The molecule has 1 aliphatic rings. The van der Waals surface area contributed by atoms with Crippen molar-refractivity contribution < 1.29 is 14.0 Å². The average Bonchev–Trinajstić information content (AvgIpc) is 2.66. The monoisotopic (exact) mass is 436 g/mol. The van der Waals surface area contributed by atoms with Crippen LogP contribution in [0, 0.1) is 0 Å². The van der Waals surface area contributed by atoms with Crippen LogP contribution in [0.25, 0.3) is 0 Å². The zero-order chi connectivity index (χ0) is 17.0. The number of halogens is 1. The summed E-state index contributed by atoms with van der Waals surface area (Å²) in [6.07, 6.45) is 6.61. The normalized spacial score (nSPS) is 21.1. The van der Waals surface area contributed by atoms with Gasteiger partial charge in [0.1, 0.15) is 6.10 Å². The second-order valence-corrected chi connectivity index (χ2v) is 12.9. The Morgan fingerprint density at radius 1 is 1.45 bits per heavy atom. The summed E-state index contributed by atoms with van der Waals surface area (Å²) in [5.74, 6) is -0.180. The molecule has 0 bridgehead atoms. The molecule has 0 amide bonds. The Balaban J connectivity index is 2.80. The molecule has 126 valence electrons. The number of hydrogen-bond acceptors (Lipinski definition) is 3. The van der Waals surface area contributed by atoms with E-state index < -0.39 is 8.32 Å². The van der Waals surface area contributed by atoms with Crippen LogP contribution < -0.4 is 0 Å². The zero-order valence-corrected chi connectivity index (χ0v) is 17.8. The number of allylic oxidation sites excluding steroid dienone is 1. The summed E-state index contributed by atoms with van der Waals surface area (Å²) in [5.41, 5.74) is 0.773. The smallest absolute Gasteiger partial charge is 0.334 e. The number of carbonyl (C=O) groups excluding carboxylic acids is 1. The zero-order valence-electron chi connectivity index (χ0n) is 14.6. The standard InChI is InChI=1S/C17H29IO3Si/c1-13-11-14(16(19)20-13)12-15(9-7-8-10-18)21-22(5,6)17(2,3)4/h8,10-11,13,15H,7,9,12H2,1-6H3/b10-8+/t13-,15+/m0/s1. The first kappa shape index (κ1) is 19.9. The van der Waals surface area contributed by atoms with Crippen molar-refractivity contribution in [1.29, 1.82) is 0 Å². The summed E-state index contributed by atoms with van der Waals surface area (Å²) >= 11 is 2.23. The van der Waals surface area contributed by atoms with Crippen LogP contribution in [-0.4, -0.2) is 26.5 Å². The predicted molar refractivity (Wildman–Crippen MR) is 103 cm³/mol. The number of ether oxygens (including phenoxy) is 1. The third kappa shape index (κ3) is 5.81. The lowest BCUT2D eigenvalue weighted by Gasteiger charge is -2.39. The summed E-state index contributed by atoms with van der Waals surface area (Å²) in [6.45, 7) is 13.1. The highest BCUT2D eigenvalue weighted by atomic mass is 127. The molecule has 1 aliphatic heterocycles. The fraction of sp³-hybridized carbons (Fsp3) is 0.706. The third-order valence-electron chi connectivity index (χ3n) is 4.45. The molecule has 1 heterocycles. The first-order chi connectivity index (χ1) is 10.1. The maximum atomic E-state index is 11.9. The maximum Gasteiger partial charge on any atom is 0.334 e. The van der Waals surface area contributed by atoms with E-state index in [1.165, 1.54) is 0 Å². The van der Waals surface area contributed by atoms with Crippen LogP contribution in [0.5, 0.6) is 0 Å². The molecule has 0 unspecified atom stereocenters. The fourth-order valence-corrected chi connectivity index (χ4v) is 3.92. The lowest BCUT2D eigenvalue weighted by atomic mass is 10.0. The molecule has 0 aromatic heterocycles. The molecule has 0 aliphatic carbocycles. The van der Waals surface area contributed by atoms with E-state index in [4.69, 9.17) is 9.16 Å². The molecule has 3 nitrogen and oxygen atoms in total. The molecule has 1 rings (SSSR count). The van der Waals surface area contributed by atoms with E-state index >= 15 is 0 Å². The fourth-order valence-electron chi connectivity index (χ4n) is 2.17. The number of carbonyl (C=O) groups is 1. The Morgan fingerprint density at radius 2 is 2.09 bits per heavy atom. The summed E-state index contributed by atoms with van der Waals surface area (Å²) < 4.78 is 13.8. The van der Waals surface area contributed by atoms with Crippen molar-refractivity contribution in [1.82, 2.24) is 0 Å². The van der Waals surface area contributed by atoms with Gasteiger partial charge in [-0.25, -0.2) is 4.79 Å². The van der Waals surface area contributed by atoms with Crippen molar-refractivity contribution in [3.8, 4) is 0 Å². The number of rotatable bonds is 7. The lowest BCUT2D eigenvalue weighted by molar-refractivity contribution is -0.139. The van der Waals surface area contributed by atoms with E-state index in [0.29, 0.717) is 6.42 Å². The van der Waals surface area contributed by atoms with Gasteiger partial charge in [-0.05, 0) is 48.1 Å². The van der Waals surface area contributed by atoms with Gasteiger partial charge in [-0.3, -0.25) is 0 Å². The summed E-state index contributed by atoms with van der Waals surface area (Å²) in [7, 11) is -1.84. The topological polar surface area (TPSA) is 35.5 Å². The Morgan fingerprint density at radius 3 is 2.55 bits per heavy atom. The summed E-state index contributed by atoms with van der Waals surface area (Å²) in [5, 5.41) is 0.169. The van der Waals surface area contributed by atoms with E-state index in [0.717, 1.165) is 18.4 Å². The quantitative estimate of drug-likeness (QED) is 0.306. The van der Waals surface area contributed by atoms with Gasteiger partial charge in [0, 0.05) is 18.1 Å². The summed E-state index contributed by atoms with van der Waals surface area (Å²) in [6, 6.07) is 0. The second kappa shape index (κ2) is 8.10. The Hall–Kier alpha value is -0.143. The van der Waals surface area contributed by atoms with E-state index in [1.54, 1.807) is 0 Å². The molecule has 2 atom stereocenters. The van der Waals surface area contributed by atoms with Crippen LogP contribution in [0.15, 0.2) is 21.8 Å². The Kier molecular flexibility index (Phi) is 7.33. The first-order valence-electron chi connectivity index (χ1n) is 7.91. The van der Waals surface area contributed by atoms with E-state index in [2.05, 4.69) is 62.5 Å². The Labute approximate surface area is 149 Å². The second-order valence-electron chi connectivity index (χ2n) is 7.45. The van der Waals surface area contributed by atoms with Crippen LogP contribution in [0.2, 0.25) is 18.1 Å². The minimum atomic E-state index is -1.84. The minimum Gasteiger partial charge on any atom is -0.455 e. The molecular weight excluding hydrogens is 407 g/mol. The van der Waals surface area contributed by atoms with E-state index in [1.807, 2.05) is 17.1 Å². The highest BCUT2D eigenvalue weighted by molar-refractivity contribution is 14.1. The van der Waals surface area contributed by atoms with Gasteiger partial charge in [-0.1, -0.05) is 49.4 Å². The maximum absolute atomic E-state index is 11.9. The third-order valence-corrected chi connectivity index (χ3v) is 9.49. The van der Waals surface area contributed by atoms with E-state index in [9.17, 15) is 4.79 Å². The SMILES string of the molecule is C[C@H]1C=C(C[C@@H](CC/C=C/I)O[Si](C)(C)C(C)(C)C)C(=O)O1. The van der Waals surface area contributed by atoms with Crippen molar-refractivity contribution in [2.45, 2.75) is 77.3 Å². The van der Waals surface area contributed by atoms with Gasteiger partial charge in [0.05, 0.1) is 0 Å². The number of esters is 1. The molecule has 0 fully saturated rings. The van der Waals surface area contributed by atoms with Gasteiger partial charge >= 0.3 is 5.97 Å². The predicted octanol–water partition coefficient (Wildman–Crippen LogP) is 5.37. The molecule has 0 aromatic rings. The van der Waals surface area contributed by atoms with Crippen LogP contribution in [-0.2, 0) is 14.0 Å². The van der Waals surface area contributed by atoms with E-state index in [-0.39, 0.29) is 23.2 Å². The van der Waals surface area contributed by atoms with Crippen LogP contribution in [0.4, 0.5) is 0 Å². The largest absolute Gasteiger partial charge is 0.455 e. The van der Waals surface area contributed by atoms with Crippen LogP contribution in [0.1, 0.15) is 47.0 Å². The van der Waals surface area contributed by atoms with Crippen molar-refractivity contribution in [2.24, 2.45) is 0 Å². The molecule has 0 aromatic carbocycles. The van der Waals surface area contributed by atoms with Gasteiger partial charge in [0.2, 0.25) is 0 Å². The van der Waals surface area contributed by atoms with Gasteiger partial charge in [0.15, 0.2) is 8.32 Å². The molecule has 0 radical (unpaired) electrons. The van der Waals surface area contributed by atoms with Gasteiger partial charge < -0.3 is 9.16 Å². The lowest BCUT2D eigenvalue weighted by Crippen LogP contribution is -2.44. The molecular formula is C17H29IO3Si. The minimum absolute atomic E-state index is 0.0811. The first-order valence-corrected chi connectivity index (χ1v) is 12.1. The highest BCUT2D eigenvalue weighted by Gasteiger charge is 2.39. The molecule has 0 spiro atoms. The molecule has 0 saturated carbocycles. The number of cyclic esters (lactones) is 1. The number of hydrogen-bond donors (Lipinski definition) is 0. The molecule has 5 heteroatoms. The molecule has 0 saturated heterocycles. The summed E-state index contributed by atoms with van der Waals surface area (Å²) in [4.78, 5) is 11.9. The van der Waals surface area contributed by atoms with Gasteiger partial charge in [-0.15, -0.1) is 0 Å². The highest BCUT2D eigenvalue weighted by Crippen LogP contribution is 2.38. The van der Waals surface area contributed by atoms with Crippen molar-refractivity contribution in [2.75, 3.05) is 0 Å². The van der Waals surface area contributed by atoms with Crippen molar-refractivity contribution in [3.05, 3.63) is 21.8 Å². The van der Waals surface area contributed by atoms with Crippen LogP contribution in [0.3, 0.4) is 0 Å². The van der Waals surface area contributed by atoms with Gasteiger partial charge in [-0.2, -0.15) is 0 Å². The van der Waals surface area contributed by atoms with Crippen molar-refractivity contribution in [3.63, 3.8) is 0 Å². The molecule has 0 N–H and O–H groups in total. The Bertz CT molecular complexity index is 449. The average molecular weight is 436 g/mol. The molecule has 22 heavy (non-hydrogen) atoms. The van der Waals surface area contributed by atoms with Gasteiger partial charge in [0.25, 0.3) is 0 Å². The van der Waals surface area contributed by atoms with Crippen molar-refractivity contribution >= 4 is 36.9 Å². The van der Waals surface area contributed by atoms with Crippen LogP contribution >= 0.6 is 22.6 Å².